The van der Waals surface area contributed by atoms with Crippen molar-refractivity contribution in [3.05, 3.63) is 60.7 Å². The predicted octanol–water partition coefficient (Wildman–Crippen LogP) is 5.07. The maximum Gasteiger partial charge on any atom is 0.152 e. The molecule has 22 heavy (non-hydrogen) atoms. The highest BCUT2D eigenvalue weighted by Crippen LogP contribution is 2.28. The van der Waals surface area contributed by atoms with Crippen LogP contribution in [-0.2, 0) is 11.3 Å². The maximum absolute atomic E-state index is 12.3. The van der Waals surface area contributed by atoms with Gasteiger partial charge in [0.25, 0.3) is 0 Å². The minimum absolute atomic E-state index is 0.306. The molecular formula is C20H21NO. The quantitative estimate of drug-likeness (QED) is 0.621. The second-order valence-electron chi connectivity index (χ2n) is 5.68. The minimum Gasteiger partial charge on any atom is -0.333 e. The number of carbonyl (C=O) groups excluding carboxylic acids is 1. The van der Waals surface area contributed by atoms with E-state index in [4.69, 9.17) is 0 Å². The number of Topliss-reactive ketones (excluding diaryl/α,β-unsaturated/α-hetero) is 1. The third kappa shape index (κ3) is 2.96. The lowest BCUT2D eigenvalue weighted by Crippen LogP contribution is -2.10. The van der Waals surface area contributed by atoms with Gasteiger partial charge in [-0.05, 0) is 24.1 Å². The van der Waals surface area contributed by atoms with Crippen molar-refractivity contribution in [2.24, 2.45) is 0 Å². The molecule has 2 heteroatoms. The summed E-state index contributed by atoms with van der Waals surface area (Å²) in [7, 11) is 0. The molecule has 1 aromatic heterocycles. The summed E-state index contributed by atoms with van der Waals surface area (Å²) >= 11 is 0. The van der Waals surface area contributed by atoms with Gasteiger partial charge in [0.15, 0.2) is 5.78 Å². The number of unbranched alkanes of at least 4 members (excludes halogenated alkanes) is 1. The fraction of sp³-hybridized carbons (Fsp3) is 0.250. The monoisotopic (exact) mass is 291 g/mol. The van der Waals surface area contributed by atoms with E-state index in [1.54, 1.807) is 0 Å². The smallest absolute Gasteiger partial charge is 0.152 e. The molecule has 3 aromatic rings. The van der Waals surface area contributed by atoms with Crippen molar-refractivity contribution < 1.29 is 4.79 Å². The van der Waals surface area contributed by atoms with Crippen molar-refractivity contribution in [3.8, 4) is 11.3 Å². The van der Waals surface area contributed by atoms with Gasteiger partial charge in [0, 0.05) is 23.0 Å². The molecule has 0 aliphatic heterocycles. The van der Waals surface area contributed by atoms with Crippen molar-refractivity contribution in [2.75, 3.05) is 0 Å². The topological polar surface area (TPSA) is 22.0 Å². The first kappa shape index (κ1) is 14.6. The van der Waals surface area contributed by atoms with Crippen LogP contribution in [0.3, 0.4) is 0 Å². The molecule has 0 radical (unpaired) electrons. The van der Waals surface area contributed by atoms with Crippen LogP contribution in [0.5, 0.6) is 0 Å². The predicted molar refractivity (Wildman–Crippen MR) is 91.9 cm³/mol. The average molecular weight is 291 g/mol. The first-order chi connectivity index (χ1) is 10.8. The molecule has 1 heterocycles. The van der Waals surface area contributed by atoms with Crippen molar-refractivity contribution in [1.29, 1.82) is 0 Å². The fourth-order valence-corrected chi connectivity index (χ4v) is 2.86. The van der Waals surface area contributed by atoms with Crippen LogP contribution in [0.25, 0.3) is 22.2 Å². The number of aromatic nitrogens is 1. The highest BCUT2D eigenvalue weighted by atomic mass is 16.1. The molecule has 0 unspecified atom stereocenters. The Bertz CT molecular complexity index is 771. The summed E-state index contributed by atoms with van der Waals surface area (Å²) in [6, 6.07) is 20.7. The van der Waals surface area contributed by atoms with Gasteiger partial charge >= 0.3 is 0 Å². The number of carbonyl (C=O) groups is 1. The summed E-state index contributed by atoms with van der Waals surface area (Å²) in [6.45, 7) is 2.57. The molecule has 0 atom stereocenters. The van der Waals surface area contributed by atoms with E-state index in [1.807, 2.05) is 30.3 Å². The van der Waals surface area contributed by atoms with Gasteiger partial charge in [-0.2, -0.15) is 0 Å². The van der Waals surface area contributed by atoms with Crippen LogP contribution in [0.4, 0.5) is 0 Å². The zero-order valence-corrected chi connectivity index (χ0v) is 13.0. The fourth-order valence-electron chi connectivity index (χ4n) is 2.86. The summed E-state index contributed by atoms with van der Waals surface area (Å²) < 4.78 is 2.16. The van der Waals surface area contributed by atoms with E-state index in [-0.39, 0.29) is 0 Å². The zero-order valence-electron chi connectivity index (χ0n) is 13.0. The standard InChI is InChI=1S/C20H21NO/c1-2-3-12-18(22)15-21-19-13-8-7-11-17(19)14-20(21)16-9-5-4-6-10-16/h4-11,13-14H,2-3,12,15H2,1H3. The molecule has 0 bridgehead atoms. The molecule has 0 saturated carbocycles. The molecule has 0 saturated heterocycles. The van der Waals surface area contributed by atoms with E-state index < -0.39 is 0 Å². The summed E-state index contributed by atoms with van der Waals surface area (Å²) in [4.78, 5) is 12.3. The molecular weight excluding hydrogens is 270 g/mol. The number of hydrogen-bond acceptors (Lipinski definition) is 1. The van der Waals surface area contributed by atoms with Crippen LogP contribution >= 0.6 is 0 Å². The highest BCUT2D eigenvalue weighted by molar-refractivity contribution is 5.89. The highest BCUT2D eigenvalue weighted by Gasteiger charge is 2.12. The van der Waals surface area contributed by atoms with Gasteiger partial charge in [0.05, 0.1) is 6.54 Å². The first-order valence-electron chi connectivity index (χ1n) is 7.95. The molecule has 0 spiro atoms. The number of benzene rings is 2. The Labute approximate surface area is 131 Å². The Kier molecular flexibility index (Phi) is 4.38. The lowest BCUT2D eigenvalue weighted by molar-refractivity contribution is -0.119. The van der Waals surface area contributed by atoms with E-state index >= 15 is 0 Å². The molecule has 2 aromatic carbocycles. The SMILES string of the molecule is CCCCC(=O)Cn1c(-c2ccccc2)cc2ccccc21. The number of nitrogens with zero attached hydrogens (tertiary/aromatic N) is 1. The van der Waals surface area contributed by atoms with Crippen LogP contribution in [0.2, 0.25) is 0 Å². The van der Waals surface area contributed by atoms with Gasteiger partial charge in [-0.1, -0.05) is 61.9 Å². The number of fused-ring (bicyclic) bond motifs is 1. The van der Waals surface area contributed by atoms with Gasteiger partial charge in [-0.25, -0.2) is 0 Å². The lowest BCUT2D eigenvalue weighted by atomic mass is 10.1. The van der Waals surface area contributed by atoms with Gasteiger partial charge in [0.1, 0.15) is 0 Å². The number of hydrogen-bond donors (Lipinski definition) is 0. The maximum atomic E-state index is 12.3. The molecule has 2 nitrogen and oxygen atoms in total. The molecule has 0 aliphatic carbocycles. The summed E-state index contributed by atoms with van der Waals surface area (Å²) in [5.41, 5.74) is 3.40. The molecule has 0 fully saturated rings. The summed E-state index contributed by atoms with van der Waals surface area (Å²) in [5.74, 6) is 0.306. The Hall–Kier alpha value is -2.35. The van der Waals surface area contributed by atoms with Gasteiger partial charge in [0.2, 0.25) is 0 Å². The van der Waals surface area contributed by atoms with Crippen molar-refractivity contribution in [1.82, 2.24) is 4.57 Å². The second kappa shape index (κ2) is 6.61. The van der Waals surface area contributed by atoms with Gasteiger partial charge < -0.3 is 4.57 Å². The Morgan fingerprint density at radius 3 is 2.50 bits per heavy atom. The summed E-state index contributed by atoms with van der Waals surface area (Å²) in [5, 5.41) is 1.18. The lowest BCUT2D eigenvalue weighted by Gasteiger charge is -2.10. The average Bonchev–Trinajstić information content (AvgIpc) is 2.92. The van der Waals surface area contributed by atoms with Crippen LogP contribution in [0, 0.1) is 0 Å². The van der Waals surface area contributed by atoms with E-state index in [2.05, 4.69) is 41.8 Å². The zero-order chi connectivity index (χ0) is 15.4. The third-order valence-corrected chi connectivity index (χ3v) is 4.02. The van der Waals surface area contributed by atoms with Crippen molar-refractivity contribution in [3.63, 3.8) is 0 Å². The Morgan fingerprint density at radius 2 is 1.73 bits per heavy atom. The van der Waals surface area contributed by atoms with E-state index in [9.17, 15) is 4.79 Å². The molecule has 0 amide bonds. The number of para-hydroxylation sites is 1. The van der Waals surface area contributed by atoms with Crippen molar-refractivity contribution in [2.45, 2.75) is 32.7 Å². The van der Waals surface area contributed by atoms with Crippen LogP contribution < -0.4 is 0 Å². The van der Waals surface area contributed by atoms with Crippen LogP contribution in [0.15, 0.2) is 60.7 Å². The largest absolute Gasteiger partial charge is 0.333 e. The minimum atomic E-state index is 0.306. The Morgan fingerprint density at radius 1 is 1.00 bits per heavy atom. The Balaban J connectivity index is 2.04. The van der Waals surface area contributed by atoms with Crippen LogP contribution in [-0.4, -0.2) is 10.4 Å². The molecule has 0 aliphatic rings. The van der Waals surface area contributed by atoms with E-state index in [0.29, 0.717) is 18.7 Å². The van der Waals surface area contributed by atoms with Crippen LogP contribution in [0.1, 0.15) is 26.2 Å². The normalized spacial score (nSPS) is 11.0. The molecule has 112 valence electrons. The van der Waals surface area contributed by atoms with Gasteiger partial charge in [-0.15, -0.1) is 0 Å². The first-order valence-corrected chi connectivity index (χ1v) is 7.95. The van der Waals surface area contributed by atoms with E-state index in [0.717, 1.165) is 29.6 Å². The molecule has 3 rings (SSSR count). The number of ketones is 1. The second-order valence-corrected chi connectivity index (χ2v) is 5.68. The van der Waals surface area contributed by atoms with Gasteiger partial charge in [-0.3, -0.25) is 4.79 Å². The third-order valence-electron chi connectivity index (χ3n) is 4.02. The number of rotatable bonds is 6. The van der Waals surface area contributed by atoms with Crippen molar-refractivity contribution >= 4 is 16.7 Å². The van der Waals surface area contributed by atoms with E-state index in [1.165, 1.54) is 5.39 Å². The molecule has 0 N–H and O–H groups in total. The summed E-state index contributed by atoms with van der Waals surface area (Å²) in [6.07, 6.45) is 2.69.